The van der Waals surface area contributed by atoms with E-state index >= 15 is 0 Å². The second-order valence-electron chi connectivity index (χ2n) is 6.63. The van der Waals surface area contributed by atoms with Gasteiger partial charge in [0, 0.05) is 18.7 Å². The number of esters is 1. The van der Waals surface area contributed by atoms with Crippen LogP contribution in [0.15, 0.2) is 34.9 Å². The van der Waals surface area contributed by atoms with Crippen LogP contribution in [-0.2, 0) is 11.3 Å². The molecule has 0 unspecified atom stereocenters. The summed E-state index contributed by atoms with van der Waals surface area (Å²) in [6, 6.07) is 8.63. The second-order valence-corrected chi connectivity index (χ2v) is 6.63. The Balaban J connectivity index is 1.37. The van der Waals surface area contributed by atoms with Gasteiger partial charge in [0.05, 0.1) is 14.2 Å². The molecule has 0 aliphatic carbocycles. The lowest BCUT2D eigenvalue weighted by atomic mass is 10.2. The fourth-order valence-corrected chi connectivity index (χ4v) is 3.16. The molecule has 10 heteroatoms. The Morgan fingerprint density at radius 2 is 1.87 bits per heavy atom. The van der Waals surface area contributed by atoms with Gasteiger partial charge in [0.1, 0.15) is 0 Å². The molecule has 1 saturated heterocycles. The molecule has 1 aromatic carbocycles. The van der Waals surface area contributed by atoms with E-state index in [-0.39, 0.29) is 18.2 Å². The van der Waals surface area contributed by atoms with Crippen LogP contribution in [0.4, 0.5) is 5.82 Å². The van der Waals surface area contributed by atoms with E-state index in [0.29, 0.717) is 22.9 Å². The number of benzene rings is 1. The van der Waals surface area contributed by atoms with Crippen LogP contribution in [0.5, 0.6) is 11.5 Å². The fraction of sp³-hybridized carbons (Fsp3) is 0.350. The molecule has 3 aromatic rings. The lowest BCUT2D eigenvalue weighted by molar-refractivity contribution is 0.0421. The number of aromatic nitrogens is 4. The summed E-state index contributed by atoms with van der Waals surface area (Å²) in [7, 11) is 3.10. The Bertz CT molecular complexity index is 1010. The maximum absolute atomic E-state index is 12.2. The molecule has 0 atom stereocenters. The van der Waals surface area contributed by atoms with Gasteiger partial charge in [-0.05, 0) is 43.2 Å². The van der Waals surface area contributed by atoms with E-state index in [1.807, 2.05) is 0 Å². The molecule has 0 bridgehead atoms. The third-order valence-corrected chi connectivity index (χ3v) is 4.73. The number of rotatable bonds is 7. The highest BCUT2D eigenvalue weighted by atomic mass is 16.6. The van der Waals surface area contributed by atoms with Crippen LogP contribution in [0, 0.1) is 0 Å². The third kappa shape index (κ3) is 4.17. The molecule has 3 heterocycles. The van der Waals surface area contributed by atoms with Gasteiger partial charge in [0.2, 0.25) is 5.82 Å². The first kappa shape index (κ1) is 19.6. The SMILES string of the molecule is COc1ccc(-c2noc(COC(=O)c3ccc(N4CCCC4)nn3)n2)cc1OC. The van der Waals surface area contributed by atoms with Crippen LogP contribution in [0.2, 0.25) is 0 Å². The molecule has 1 fully saturated rings. The molecule has 2 aromatic heterocycles. The molecule has 1 aliphatic heterocycles. The van der Waals surface area contributed by atoms with Crippen molar-refractivity contribution < 1.29 is 23.5 Å². The van der Waals surface area contributed by atoms with Gasteiger partial charge in [0.25, 0.3) is 5.89 Å². The van der Waals surface area contributed by atoms with E-state index < -0.39 is 5.97 Å². The summed E-state index contributed by atoms with van der Waals surface area (Å²) in [4.78, 5) is 18.6. The quantitative estimate of drug-likeness (QED) is 0.537. The first-order chi connectivity index (χ1) is 14.7. The highest BCUT2D eigenvalue weighted by Gasteiger charge is 2.17. The standard InChI is InChI=1S/C20H21N5O5/c1-27-15-7-5-13(11-16(15)28-2)19-21-18(30-24-19)12-29-20(26)14-6-8-17(23-22-14)25-9-3-4-10-25/h5-8,11H,3-4,9-10,12H2,1-2H3. The third-order valence-electron chi connectivity index (χ3n) is 4.73. The summed E-state index contributed by atoms with van der Waals surface area (Å²) >= 11 is 0. The fourth-order valence-electron chi connectivity index (χ4n) is 3.16. The van der Waals surface area contributed by atoms with Crippen LogP contribution in [-0.4, -0.2) is 53.6 Å². The monoisotopic (exact) mass is 411 g/mol. The summed E-state index contributed by atoms with van der Waals surface area (Å²) in [5.41, 5.74) is 0.801. The number of carbonyl (C=O) groups excluding carboxylic acids is 1. The lowest BCUT2D eigenvalue weighted by Crippen LogP contribution is -2.20. The van der Waals surface area contributed by atoms with Crippen LogP contribution >= 0.6 is 0 Å². The van der Waals surface area contributed by atoms with Crippen molar-refractivity contribution in [2.75, 3.05) is 32.2 Å². The number of hydrogen-bond donors (Lipinski definition) is 0. The van der Waals surface area contributed by atoms with E-state index in [9.17, 15) is 4.79 Å². The predicted octanol–water partition coefficient (Wildman–Crippen LogP) is 2.50. The smallest absolute Gasteiger partial charge is 0.359 e. The highest BCUT2D eigenvalue weighted by Crippen LogP contribution is 2.31. The van der Waals surface area contributed by atoms with Gasteiger partial charge in [0.15, 0.2) is 29.6 Å². The number of carbonyl (C=O) groups is 1. The van der Waals surface area contributed by atoms with Gasteiger partial charge in [-0.1, -0.05) is 5.16 Å². The molecule has 30 heavy (non-hydrogen) atoms. The van der Waals surface area contributed by atoms with Crippen LogP contribution in [0.3, 0.4) is 0 Å². The molecule has 4 rings (SSSR count). The van der Waals surface area contributed by atoms with Gasteiger partial charge >= 0.3 is 5.97 Å². The van der Waals surface area contributed by atoms with Crippen molar-refractivity contribution in [3.05, 3.63) is 41.9 Å². The van der Waals surface area contributed by atoms with Crippen LogP contribution < -0.4 is 14.4 Å². The van der Waals surface area contributed by atoms with Gasteiger partial charge in [-0.25, -0.2) is 4.79 Å². The Hall–Kier alpha value is -3.69. The summed E-state index contributed by atoms with van der Waals surface area (Å²) in [5, 5.41) is 12.0. The lowest BCUT2D eigenvalue weighted by Gasteiger charge is -2.14. The maximum Gasteiger partial charge on any atom is 0.359 e. The Labute approximate surface area is 172 Å². The molecule has 1 aliphatic rings. The highest BCUT2D eigenvalue weighted by molar-refractivity contribution is 5.87. The molecule has 0 N–H and O–H groups in total. The zero-order valence-electron chi connectivity index (χ0n) is 16.7. The molecule has 10 nitrogen and oxygen atoms in total. The first-order valence-corrected chi connectivity index (χ1v) is 9.48. The van der Waals surface area contributed by atoms with E-state index in [2.05, 4.69) is 25.2 Å². The maximum atomic E-state index is 12.2. The molecule has 0 spiro atoms. The molecular weight excluding hydrogens is 390 g/mol. The minimum absolute atomic E-state index is 0.123. The van der Waals surface area contributed by atoms with Crippen molar-refractivity contribution in [3.63, 3.8) is 0 Å². The van der Waals surface area contributed by atoms with Crippen LogP contribution in [0.25, 0.3) is 11.4 Å². The summed E-state index contributed by atoms with van der Waals surface area (Å²) in [5.74, 6) is 1.80. The summed E-state index contributed by atoms with van der Waals surface area (Å²) in [6.45, 7) is 1.74. The summed E-state index contributed by atoms with van der Waals surface area (Å²) < 4.78 is 20.9. The topological polar surface area (TPSA) is 113 Å². The van der Waals surface area contributed by atoms with Gasteiger partial charge < -0.3 is 23.6 Å². The van der Waals surface area contributed by atoms with Crippen molar-refractivity contribution in [2.45, 2.75) is 19.4 Å². The second kappa shape index (κ2) is 8.76. The zero-order valence-corrected chi connectivity index (χ0v) is 16.7. The Morgan fingerprint density at radius 1 is 1.07 bits per heavy atom. The van der Waals surface area contributed by atoms with Gasteiger partial charge in [-0.3, -0.25) is 0 Å². The van der Waals surface area contributed by atoms with Gasteiger partial charge in [-0.2, -0.15) is 4.98 Å². The molecule has 0 amide bonds. The zero-order chi connectivity index (χ0) is 20.9. The molecule has 156 valence electrons. The van der Waals surface area contributed by atoms with Crippen molar-refractivity contribution in [2.24, 2.45) is 0 Å². The van der Waals surface area contributed by atoms with Crippen molar-refractivity contribution in [1.29, 1.82) is 0 Å². The molecule has 0 saturated carbocycles. The Morgan fingerprint density at radius 3 is 2.57 bits per heavy atom. The Kier molecular flexibility index (Phi) is 5.73. The van der Waals surface area contributed by atoms with E-state index in [1.54, 1.807) is 44.6 Å². The van der Waals surface area contributed by atoms with Gasteiger partial charge in [-0.15, -0.1) is 10.2 Å². The number of hydrogen-bond acceptors (Lipinski definition) is 10. The van der Waals surface area contributed by atoms with E-state index in [1.165, 1.54) is 0 Å². The molecule has 0 radical (unpaired) electrons. The number of ether oxygens (including phenoxy) is 3. The number of methoxy groups -OCH3 is 2. The normalized spacial score (nSPS) is 13.3. The average Bonchev–Trinajstić information content (AvgIpc) is 3.49. The van der Waals surface area contributed by atoms with Crippen LogP contribution in [0.1, 0.15) is 29.2 Å². The van der Waals surface area contributed by atoms with Crippen molar-refractivity contribution in [3.8, 4) is 22.9 Å². The van der Waals surface area contributed by atoms with Crippen molar-refractivity contribution in [1.82, 2.24) is 20.3 Å². The minimum Gasteiger partial charge on any atom is -0.493 e. The van der Waals surface area contributed by atoms with E-state index in [4.69, 9.17) is 18.7 Å². The average molecular weight is 411 g/mol. The number of anilines is 1. The number of nitrogens with zero attached hydrogens (tertiary/aromatic N) is 5. The van der Waals surface area contributed by atoms with Crippen molar-refractivity contribution >= 4 is 11.8 Å². The predicted molar refractivity (Wildman–Crippen MR) is 105 cm³/mol. The molecular formula is C20H21N5O5. The van der Waals surface area contributed by atoms with E-state index in [0.717, 1.165) is 31.7 Å². The minimum atomic E-state index is -0.610. The first-order valence-electron chi connectivity index (χ1n) is 9.48. The largest absolute Gasteiger partial charge is 0.493 e. The summed E-state index contributed by atoms with van der Waals surface area (Å²) in [6.07, 6.45) is 2.28.